The van der Waals surface area contributed by atoms with Crippen molar-refractivity contribution >= 4 is 17.2 Å². The summed E-state index contributed by atoms with van der Waals surface area (Å²) < 4.78 is 2.25. The van der Waals surface area contributed by atoms with Gasteiger partial charge < -0.3 is 9.88 Å². The molecule has 0 saturated carbocycles. The summed E-state index contributed by atoms with van der Waals surface area (Å²) in [6.07, 6.45) is 6.51. The molecule has 1 N–H and O–H groups in total. The van der Waals surface area contributed by atoms with E-state index in [4.69, 9.17) is 0 Å². The second-order valence-corrected chi connectivity index (χ2v) is 5.60. The molecule has 4 nitrogen and oxygen atoms in total. The van der Waals surface area contributed by atoms with Gasteiger partial charge in [-0.25, -0.2) is 4.98 Å². The highest BCUT2D eigenvalue weighted by Crippen LogP contribution is 2.14. The van der Waals surface area contributed by atoms with Crippen LogP contribution in [0.1, 0.15) is 34.7 Å². The van der Waals surface area contributed by atoms with E-state index in [2.05, 4.69) is 21.1 Å². The Hall–Kier alpha value is -1.62. The Bertz CT molecular complexity index is 536. The molecule has 1 amide bonds. The Morgan fingerprint density at radius 3 is 3.21 bits per heavy atom. The molecule has 19 heavy (non-hydrogen) atoms. The minimum atomic E-state index is 0.00484. The lowest BCUT2D eigenvalue weighted by Gasteiger charge is -2.11. The molecule has 0 aromatic carbocycles. The van der Waals surface area contributed by atoms with E-state index in [1.807, 2.05) is 16.8 Å². The lowest BCUT2D eigenvalue weighted by atomic mass is 10.2. The van der Waals surface area contributed by atoms with Gasteiger partial charge in [-0.15, -0.1) is 0 Å². The first kappa shape index (κ1) is 12.4. The second-order valence-electron chi connectivity index (χ2n) is 4.82. The summed E-state index contributed by atoms with van der Waals surface area (Å²) in [6.45, 7) is 1.73. The Morgan fingerprint density at radius 2 is 2.42 bits per heavy atom. The number of hydrogen-bond acceptors (Lipinski definition) is 3. The fourth-order valence-corrected chi connectivity index (χ4v) is 3.03. The molecule has 0 fully saturated rings. The van der Waals surface area contributed by atoms with Crippen LogP contribution in [-0.2, 0) is 19.4 Å². The molecule has 0 aliphatic carbocycles. The molecule has 1 aliphatic rings. The minimum Gasteiger partial charge on any atom is -0.352 e. The molecule has 0 radical (unpaired) electrons. The van der Waals surface area contributed by atoms with Gasteiger partial charge in [0.25, 0.3) is 5.91 Å². The summed E-state index contributed by atoms with van der Waals surface area (Å²) in [5, 5.41) is 6.71. The summed E-state index contributed by atoms with van der Waals surface area (Å²) >= 11 is 1.54. The van der Waals surface area contributed by atoms with Crippen LogP contribution in [0.2, 0.25) is 0 Å². The highest BCUT2D eigenvalue weighted by molar-refractivity contribution is 7.08. The van der Waals surface area contributed by atoms with Crippen molar-refractivity contribution in [2.24, 2.45) is 0 Å². The fraction of sp³-hybridized carbons (Fsp3) is 0.429. The van der Waals surface area contributed by atoms with Crippen LogP contribution in [0.15, 0.2) is 23.0 Å². The van der Waals surface area contributed by atoms with Gasteiger partial charge in [-0.2, -0.15) is 11.3 Å². The van der Waals surface area contributed by atoms with Gasteiger partial charge in [0.2, 0.25) is 0 Å². The number of carbonyl (C=O) groups excluding carboxylic acids is 1. The zero-order valence-electron chi connectivity index (χ0n) is 10.8. The van der Waals surface area contributed by atoms with Crippen molar-refractivity contribution in [2.45, 2.75) is 32.2 Å². The lowest BCUT2D eigenvalue weighted by Crippen LogP contribution is -2.25. The molecule has 5 heteroatoms. The zero-order valence-corrected chi connectivity index (χ0v) is 11.6. The third-order valence-electron chi connectivity index (χ3n) is 3.41. The first-order chi connectivity index (χ1) is 9.33. The Kier molecular flexibility index (Phi) is 3.64. The number of aromatic nitrogens is 2. The van der Waals surface area contributed by atoms with E-state index in [-0.39, 0.29) is 5.91 Å². The van der Waals surface area contributed by atoms with Crippen molar-refractivity contribution in [2.75, 3.05) is 6.54 Å². The van der Waals surface area contributed by atoms with E-state index >= 15 is 0 Å². The number of hydrogen-bond donors (Lipinski definition) is 1. The van der Waals surface area contributed by atoms with Crippen molar-refractivity contribution < 1.29 is 4.79 Å². The van der Waals surface area contributed by atoms with Gasteiger partial charge in [0, 0.05) is 43.1 Å². The molecule has 2 aromatic heterocycles. The summed E-state index contributed by atoms with van der Waals surface area (Å²) in [5.41, 5.74) is 1.83. The lowest BCUT2D eigenvalue weighted by molar-refractivity contribution is 0.0954. The summed E-state index contributed by atoms with van der Waals surface area (Å²) in [5.74, 6) is 1.20. The number of amides is 1. The van der Waals surface area contributed by atoms with E-state index < -0.39 is 0 Å². The standard InChI is InChI=1S/C14H17N3OS/c18-14(11-5-8-19-10-11)15-6-4-12-9-17-7-2-1-3-13(17)16-12/h5,8-10H,1-4,6-7H2,(H,15,18). The predicted octanol–water partition coefficient (Wildman–Crippen LogP) is 2.25. The third-order valence-corrected chi connectivity index (χ3v) is 4.09. The zero-order chi connectivity index (χ0) is 13.1. The van der Waals surface area contributed by atoms with E-state index in [0.717, 1.165) is 30.6 Å². The molecule has 0 unspecified atom stereocenters. The van der Waals surface area contributed by atoms with Crippen LogP contribution in [0.3, 0.4) is 0 Å². The molecular formula is C14H17N3OS. The maximum absolute atomic E-state index is 11.8. The number of carbonyl (C=O) groups is 1. The molecule has 1 aliphatic heterocycles. The first-order valence-corrected chi connectivity index (χ1v) is 7.62. The van der Waals surface area contributed by atoms with Gasteiger partial charge >= 0.3 is 0 Å². The Labute approximate surface area is 116 Å². The van der Waals surface area contributed by atoms with E-state index in [0.29, 0.717) is 6.54 Å². The average molecular weight is 275 g/mol. The van der Waals surface area contributed by atoms with Gasteiger partial charge in [-0.3, -0.25) is 4.79 Å². The number of aryl methyl sites for hydroxylation is 2. The number of rotatable bonds is 4. The van der Waals surface area contributed by atoms with Gasteiger partial charge in [-0.1, -0.05) is 0 Å². The maximum Gasteiger partial charge on any atom is 0.252 e. The van der Waals surface area contributed by atoms with E-state index in [9.17, 15) is 4.79 Å². The van der Waals surface area contributed by atoms with Crippen molar-refractivity contribution in [3.8, 4) is 0 Å². The van der Waals surface area contributed by atoms with Crippen LogP contribution in [0.4, 0.5) is 0 Å². The Morgan fingerprint density at radius 1 is 1.47 bits per heavy atom. The first-order valence-electron chi connectivity index (χ1n) is 6.68. The molecular weight excluding hydrogens is 258 g/mol. The van der Waals surface area contributed by atoms with Crippen molar-refractivity contribution in [1.82, 2.24) is 14.9 Å². The maximum atomic E-state index is 11.8. The largest absolute Gasteiger partial charge is 0.352 e. The average Bonchev–Trinajstić information content (AvgIpc) is 3.07. The normalized spacial score (nSPS) is 14.1. The molecule has 0 spiro atoms. The number of nitrogens with one attached hydrogen (secondary N) is 1. The predicted molar refractivity (Wildman–Crippen MR) is 75.5 cm³/mol. The van der Waals surface area contributed by atoms with Gasteiger partial charge in [0.15, 0.2) is 0 Å². The summed E-state index contributed by atoms with van der Waals surface area (Å²) in [4.78, 5) is 16.4. The van der Waals surface area contributed by atoms with Crippen molar-refractivity contribution in [3.05, 3.63) is 40.1 Å². The fourth-order valence-electron chi connectivity index (χ4n) is 2.39. The highest BCUT2D eigenvalue weighted by Gasteiger charge is 2.12. The number of nitrogens with zero attached hydrogens (tertiary/aromatic N) is 2. The molecule has 0 atom stereocenters. The quantitative estimate of drug-likeness (QED) is 0.930. The second kappa shape index (κ2) is 5.57. The summed E-state index contributed by atoms with van der Waals surface area (Å²) in [7, 11) is 0. The third kappa shape index (κ3) is 2.87. The minimum absolute atomic E-state index is 0.00484. The summed E-state index contributed by atoms with van der Waals surface area (Å²) in [6, 6.07) is 1.84. The Balaban J connectivity index is 1.52. The van der Waals surface area contributed by atoms with E-state index in [1.165, 1.54) is 30.0 Å². The van der Waals surface area contributed by atoms with Gasteiger partial charge in [-0.05, 0) is 24.3 Å². The van der Waals surface area contributed by atoms with Crippen LogP contribution in [0.25, 0.3) is 0 Å². The van der Waals surface area contributed by atoms with Crippen molar-refractivity contribution in [3.63, 3.8) is 0 Å². The van der Waals surface area contributed by atoms with Gasteiger partial charge in [0.05, 0.1) is 5.69 Å². The molecule has 0 bridgehead atoms. The molecule has 3 heterocycles. The molecule has 3 rings (SSSR count). The van der Waals surface area contributed by atoms with Crippen LogP contribution in [0.5, 0.6) is 0 Å². The molecule has 0 saturated heterocycles. The van der Waals surface area contributed by atoms with Gasteiger partial charge in [0.1, 0.15) is 5.82 Å². The monoisotopic (exact) mass is 275 g/mol. The highest BCUT2D eigenvalue weighted by atomic mass is 32.1. The number of thiophene rings is 1. The van der Waals surface area contributed by atoms with Crippen LogP contribution in [0, 0.1) is 0 Å². The molecule has 100 valence electrons. The molecule has 2 aromatic rings. The van der Waals surface area contributed by atoms with Crippen LogP contribution >= 0.6 is 11.3 Å². The van der Waals surface area contributed by atoms with Crippen molar-refractivity contribution in [1.29, 1.82) is 0 Å². The van der Waals surface area contributed by atoms with Crippen LogP contribution < -0.4 is 5.32 Å². The van der Waals surface area contributed by atoms with Crippen LogP contribution in [-0.4, -0.2) is 22.0 Å². The topological polar surface area (TPSA) is 46.9 Å². The van der Waals surface area contributed by atoms with E-state index in [1.54, 1.807) is 0 Å². The smallest absolute Gasteiger partial charge is 0.252 e. The number of fused-ring (bicyclic) bond motifs is 1. The SMILES string of the molecule is O=C(NCCc1cn2c(n1)CCCC2)c1ccsc1. The number of imidazole rings is 1.